The van der Waals surface area contributed by atoms with E-state index >= 15 is 0 Å². The van der Waals surface area contributed by atoms with Crippen molar-refractivity contribution in [2.75, 3.05) is 20.3 Å². The van der Waals surface area contributed by atoms with E-state index in [9.17, 15) is 14.7 Å². The smallest absolute Gasteiger partial charge is 0.295 e. The molecule has 3 heterocycles. The van der Waals surface area contributed by atoms with Crippen LogP contribution in [0.15, 0.2) is 48.3 Å². The number of ether oxygens (including phenoxy) is 2. The molecule has 156 valence electrons. The van der Waals surface area contributed by atoms with Gasteiger partial charge in [-0.05, 0) is 55.2 Å². The van der Waals surface area contributed by atoms with E-state index in [2.05, 4.69) is 4.98 Å². The summed E-state index contributed by atoms with van der Waals surface area (Å²) in [4.78, 5) is 31.6. The van der Waals surface area contributed by atoms with E-state index in [0.717, 1.165) is 18.4 Å². The van der Waals surface area contributed by atoms with Crippen LogP contribution in [0.1, 0.15) is 35.6 Å². The minimum absolute atomic E-state index is 0.0653. The van der Waals surface area contributed by atoms with Gasteiger partial charge in [0, 0.05) is 31.1 Å². The first-order valence-electron chi connectivity index (χ1n) is 9.96. The molecule has 30 heavy (non-hydrogen) atoms. The van der Waals surface area contributed by atoms with Crippen LogP contribution in [-0.2, 0) is 14.3 Å². The Morgan fingerprint density at radius 1 is 1.33 bits per heavy atom. The van der Waals surface area contributed by atoms with Crippen LogP contribution in [0, 0.1) is 6.92 Å². The predicted molar refractivity (Wildman–Crippen MR) is 110 cm³/mol. The molecule has 2 atom stereocenters. The maximum Gasteiger partial charge on any atom is 0.295 e. The van der Waals surface area contributed by atoms with Crippen molar-refractivity contribution in [2.24, 2.45) is 0 Å². The number of likely N-dealkylation sites (tertiary alicyclic amines) is 1. The van der Waals surface area contributed by atoms with Crippen LogP contribution < -0.4 is 4.74 Å². The molecule has 1 N–H and O–H groups in total. The highest BCUT2D eigenvalue weighted by Crippen LogP contribution is 2.40. The zero-order valence-electron chi connectivity index (χ0n) is 17.0. The van der Waals surface area contributed by atoms with Gasteiger partial charge < -0.3 is 19.5 Å². The molecular weight excluding hydrogens is 384 g/mol. The topological polar surface area (TPSA) is 89.0 Å². The Kier molecular flexibility index (Phi) is 5.55. The minimum Gasteiger partial charge on any atom is -0.507 e. The number of amides is 1. The average molecular weight is 408 g/mol. The lowest BCUT2D eigenvalue weighted by molar-refractivity contribution is -0.140. The maximum absolute atomic E-state index is 13.0. The number of benzene rings is 1. The second kappa shape index (κ2) is 8.28. The van der Waals surface area contributed by atoms with Gasteiger partial charge in [0.05, 0.1) is 24.8 Å². The Labute approximate surface area is 174 Å². The summed E-state index contributed by atoms with van der Waals surface area (Å²) in [5.74, 6) is -0.865. The number of ketones is 1. The number of pyridine rings is 1. The van der Waals surface area contributed by atoms with Gasteiger partial charge in [0.1, 0.15) is 11.5 Å². The van der Waals surface area contributed by atoms with E-state index in [-0.39, 0.29) is 17.4 Å². The molecule has 7 heteroatoms. The largest absolute Gasteiger partial charge is 0.507 e. The standard InChI is InChI=1S/C23H24N2O5/c1-14-11-15(7-8-18(14)29-2)21(26)19-20(16-5-3-9-24-12-16)25(23(28)22(19)27)13-17-6-4-10-30-17/h3,5,7-9,11-12,17,20,26H,4,6,10,13H2,1-2H3/b21-19-. The molecule has 1 aromatic carbocycles. The third kappa shape index (κ3) is 3.57. The Balaban J connectivity index is 1.81. The molecule has 2 aliphatic rings. The number of nitrogens with zero attached hydrogens (tertiary/aromatic N) is 2. The molecular formula is C23H24N2O5. The van der Waals surface area contributed by atoms with Crippen LogP contribution in [0.2, 0.25) is 0 Å². The maximum atomic E-state index is 13.0. The van der Waals surface area contributed by atoms with Crippen molar-refractivity contribution in [3.05, 3.63) is 65.0 Å². The molecule has 0 radical (unpaired) electrons. The number of Topliss-reactive ketones (excluding diaryl/α,β-unsaturated/α-hetero) is 1. The van der Waals surface area contributed by atoms with Gasteiger partial charge in [0.15, 0.2) is 0 Å². The predicted octanol–water partition coefficient (Wildman–Crippen LogP) is 3.00. The monoisotopic (exact) mass is 408 g/mol. The molecule has 0 bridgehead atoms. The molecule has 7 nitrogen and oxygen atoms in total. The lowest BCUT2D eigenvalue weighted by Gasteiger charge is -2.27. The fraction of sp³-hybridized carbons (Fsp3) is 0.348. The minimum atomic E-state index is -0.717. The van der Waals surface area contributed by atoms with Crippen LogP contribution >= 0.6 is 0 Å². The number of aromatic nitrogens is 1. The summed E-state index contributed by atoms with van der Waals surface area (Å²) in [6.07, 6.45) is 4.89. The van der Waals surface area contributed by atoms with Gasteiger partial charge in [0.2, 0.25) is 0 Å². The van der Waals surface area contributed by atoms with E-state index in [0.29, 0.717) is 30.0 Å². The Morgan fingerprint density at radius 2 is 2.17 bits per heavy atom. The van der Waals surface area contributed by atoms with Gasteiger partial charge in [-0.2, -0.15) is 0 Å². The summed E-state index contributed by atoms with van der Waals surface area (Å²) in [6, 6.07) is 7.98. The van der Waals surface area contributed by atoms with E-state index in [1.165, 1.54) is 4.90 Å². The second-order valence-electron chi connectivity index (χ2n) is 7.56. The SMILES string of the molecule is COc1ccc(/C(O)=C2/C(=O)C(=O)N(CC3CCCO3)C2c2cccnc2)cc1C. The summed E-state index contributed by atoms with van der Waals surface area (Å²) in [5, 5.41) is 11.1. The van der Waals surface area contributed by atoms with Gasteiger partial charge in [-0.3, -0.25) is 14.6 Å². The third-order valence-corrected chi connectivity index (χ3v) is 5.63. The van der Waals surface area contributed by atoms with E-state index < -0.39 is 17.7 Å². The van der Waals surface area contributed by atoms with Crippen LogP contribution in [0.3, 0.4) is 0 Å². The van der Waals surface area contributed by atoms with Crippen LogP contribution in [0.25, 0.3) is 5.76 Å². The van der Waals surface area contributed by atoms with Crippen molar-refractivity contribution >= 4 is 17.4 Å². The molecule has 0 spiro atoms. The quantitative estimate of drug-likeness (QED) is 0.465. The Bertz CT molecular complexity index is 996. The Morgan fingerprint density at radius 3 is 2.80 bits per heavy atom. The summed E-state index contributed by atoms with van der Waals surface area (Å²) in [5.41, 5.74) is 2.00. The lowest BCUT2D eigenvalue weighted by Crippen LogP contribution is -2.36. The van der Waals surface area contributed by atoms with E-state index in [1.54, 1.807) is 49.8 Å². The number of hydrogen-bond donors (Lipinski definition) is 1. The zero-order chi connectivity index (χ0) is 21.3. The number of carbonyl (C=O) groups excluding carboxylic acids is 2. The molecule has 2 aliphatic heterocycles. The second-order valence-corrected chi connectivity index (χ2v) is 7.56. The van der Waals surface area contributed by atoms with Crippen molar-refractivity contribution in [3.63, 3.8) is 0 Å². The number of aliphatic hydroxyl groups excluding tert-OH is 1. The van der Waals surface area contributed by atoms with Crippen molar-refractivity contribution in [1.82, 2.24) is 9.88 Å². The highest BCUT2D eigenvalue weighted by molar-refractivity contribution is 6.46. The summed E-state index contributed by atoms with van der Waals surface area (Å²) in [6.45, 7) is 2.80. The molecule has 4 rings (SSSR count). The van der Waals surface area contributed by atoms with Gasteiger partial charge >= 0.3 is 0 Å². The third-order valence-electron chi connectivity index (χ3n) is 5.63. The van der Waals surface area contributed by atoms with Crippen LogP contribution in [0.5, 0.6) is 5.75 Å². The first kappa shape index (κ1) is 20.1. The molecule has 2 aromatic rings. The van der Waals surface area contributed by atoms with Gasteiger partial charge in [-0.1, -0.05) is 6.07 Å². The molecule has 1 amide bonds. The first-order chi connectivity index (χ1) is 14.5. The number of aryl methyl sites for hydroxylation is 1. The van der Waals surface area contributed by atoms with Gasteiger partial charge in [-0.15, -0.1) is 0 Å². The summed E-state index contributed by atoms with van der Waals surface area (Å²) < 4.78 is 11.0. The fourth-order valence-corrected chi connectivity index (χ4v) is 4.14. The van der Waals surface area contributed by atoms with E-state index in [4.69, 9.17) is 9.47 Å². The van der Waals surface area contributed by atoms with Gasteiger partial charge in [0.25, 0.3) is 11.7 Å². The first-order valence-corrected chi connectivity index (χ1v) is 9.96. The molecule has 2 unspecified atom stereocenters. The van der Waals surface area contributed by atoms with Crippen LogP contribution in [-0.4, -0.2) is 53.0 Å². The van der Waals surface area contributed by atoms with Crippen molar-refractivity contribution in [1.29, 1.82) is 0 Å². The van der Waals surface area contributed by atoms with Crippen LogP contribution in [0.4, 0.5) is 0 Å². The molecule has 2 fully saturated rings. The molecule has 2 saturated heterocycles. The van der Waals surface area contributed by atoms with E-state index in [1.807, 2.05) is 6.92 Å². The number of rotatable bonds is 5. The zero-order valence-corrected chi connectivity index (χ0v) is 17.0. The highest BCUT2D eigenvalue weighted by atomic mass is 16.5. The fourth-order valence-electron chi connectivity index (χ4n) is 4.14. The number of aliphatic hydroxyl groups is 1. The molecule has 0 aliphatic carbocycles. The summed E-state index contributed by atoms with van der Waals surface area (Å²) >= 11 is 0. The molecule has 0 saturated carbocycles. The van der Waals surface area contributed by atoms with Crippen molar-refractivity contribution in [2.45, 2.75) is 31.9 Å². The highest BCUT2D eigenvalue weighted by Gasteiger charge is 2.47. The van der Waals surface area contributed by atoms with Crippen molar-refractivity contribution < 1.29 is 24.2 Å². The molecule has 1 aromatic heterocycles. The number of methoxy groups -OCH3 is 1. The average Bonchev–Trinajstić information content (AvgIpc) is 3.36. The van der Waals surface area contributed by atoms with Gasteiger partial charge in [-0.25, -0.2) is 0 Å². The lowest BCUT2D eigenvalue weighted by atomic mass is 9.95. The Hall–Kier alpha value is -3.19. The number of carbonyl (C=O) groups is 2. The van der Waals surface area contributed by atoms with Crippen molar-refractivity contribution in [3.8, 4) is 5.75 Å². The number of hydrogen-bond acceptors (Lipinski definition) is 6. The summed E-state index contributed by atoms with van der Waals surface area (Å²) in [7, 11) is 1.57. The normalized spacial score (nSPS) is 23.2.